The van der Waals surface area contributed by atoms with Gasteiger partial charge < -0.3 is 4.98 Å². The summed E-state index contributed by atoms with van der Waals surface area (Å²) in [6, 6.07) is 8.72. The summed E-state index contributed by atoms with van der Waals surface area (Å²) in [5.74, 6) is 1.67. The molecule has 26 heavy (non-hydrogen) atoms. The quantitative estimate of drug-likeness (QED) is 0.756. The molecule has 0 spiro atoms. The van der Waals surface area contributed by atoms with Crippen molar-refractivity contribution in [1.82, 2.24) is 19.9 Å². The van der Waals surface area contributed by atoms with Gasteiger partial charge in [-0.15, -0.1) is 0 Å². The van der Waals surface area contributed by atoms with Crippen LogP contribution >= 0.6 is 0 Å². The molecular formula is C22H26N4. The van der Waals surface area contributed by atoms with E-state index in [0.29, 0.717) is 5.92 Å². The Bertz CT molecular complexity index is 907. The fourth-order valence-corrected chi connectivity index (χ4v) is 4.59. The molecule has 1 fully saturated rings. The van der Waals surface area contributed by atoms with E-state index in [1.165, 1.54) is 59.8 Å². The van der Waals surface area contributed by atoms with Crippen molar-refractivity contribution in [3.63, 3.8) is 0 Å². The molecule has 4 nitrogen and oxygen atoms in total. The Hall–Kier alpha value is -2.20. The topological polar surface area (TPSA) is 44.8 Å². The number of aromatic nitrogens is 3. The van der Waals surface area contributed by atoms with Gasteiger partial charge in [0.05, 0.1) is 5.69 Å². The fourth-order valence-electron chi connectivity index (χ4n) is 4.59. The molecule has 0 radical (unpaired) electrons. The molecule has 3 aromatic rings. The highest BCUT2D eigenvalue weighted by molar-refractivity contribution is 5.82. The normalized spacial score (nSPS) is 18.9. The predicted octanol–water partition coefficient (Wildman–Crippen LogP) is 4.56. The Morgan fingerprint density at radius 1 is 1.12 bits per heavy atom. The maximum atomic E-state index is 5.02. The van der Waals surface area contributed by atoms with Crippen molar-refractivity contribution in [3.05, 3.63) is 59.3 Å². The van der Waals surface area contributed by atoms with Crippen molar-refractivity contribution < 1.29 is 0 Å². The number of H-pyrrole nitrogens is 1. The molecule has 3 heterocycles. The lowest BCUT2D eigenvalue weighted by atomic mass is 9.88. The zero-order chi connectivity index (χ0) is 17.3. The molecule has 4 heteroatoms. The molecule has 0 unspecified atom stereocenters. The molecule has 134 valence electrons. The Balaban J connectivity index is 1.36. The molecule has 1 aliphatic carbocycles. The monoisotopic (exact) mass is 346 g/mol. The minimum atomic E-state index is 0.581. The lowest BCUT2D eigenvalue weighted by molar-refractivity contribution is 0.241. The first-order chi connectivity index (χ1) is 12.9. The summed E-state index contributed by atoms with van der Waals surface area (Å²) < 4.78 is 0. The van der Waals surface area contributed by atoms with Crippen LogP contribution in [0, 0.1) is 0 Å². The standard InChI is InChI=1S/C22H26N4/c1-2-5-17(6-3-1)22-24-13-18-10-12-26(15-20(18)25-22)14-19-8-4-7-16-9-11-23-21(16)19/h4,7-9,11,13,17,23H,1-3,5-6,10,12,14-15H2. The third kappa shape index (κ3) is 3.03. The van der Waals surface area contributed by atoms with E-state index >= 15 is 0 Å². The maximum absolute atomic E-state index is 5.02. The second kappa shape index (κ2) is 6.84. The first-order valence-corrected chi connectivity index (χ1v) is 9.99. The zero-order valence-corrected chi connectivity index (χ0v) is 15.2. The smallest absolute Gasteiger partial charge is 0.131 e. The van der Waals surface area contributed by atoms with Crippen molar-refractivity contribution >= 4 is 10.9 Å². The third-order valence-electron chi connectivity index (χ3n) is 6.08. The molecule has 1 aromatic carbocycles. The fraction of sp³-hybridized carbons (Fsp3) is 0.455. The Kier molecular flexibility index (Phi) is 4.21. The second-order valence-corrected chi connectivity index (χ2v) is 7.85. The summed E-state index contributed by atoms with van der Waals surface area (Å²) in [5.41, 5.74) is 5.24. The Morgan fingerprint density at radius 2 is 2.04 bits per heavy atom. The summed E-state index contributed by atoms with van der Waals surface area (Å²) in [6.07, 6.45) is 11.8. The van der Waals surface area contributed by atoms with Gasteiger partial charge in [0.25, 0.3) is 0 Å². The van der Waals surface area contributed by atoms with E-state index in [-0.39, 0.29) is 0 Å². The summed E-state index contributed by atoms with van der Waals surface area (Å²) in [4.78, 5) is 15.7. The van der Waals surface area contributed by atoms with E-state index in [1.807, 2.05) is 6.20 Å². The molecule has 1 aliphatic heterocycles. The minimum absolute atomic E-state index is 0.581. The van der Waals surface area contributed by atoms with E-state index in [9.17, 15) is 0 Å². The van der Waals surface area contributed by atoms with Crippen molar-refractivity contribution in [3.8, 4) is 0 Å². The number of nitrogens with one attached hydrogen (secondary N) is 1. The van der Waals surface area contributed by atoms with Gasteiger partial charge in [-0.3, -0.25) is 4.90 Å². The molecule has 0 bridgehead atoms. The lowest BCUT2D eigenvalue weighted by Crippen LogP contribution is -2.31. The lowest BCUT2D eigenvalue weighted by Gasteiger charge is -2.29. The highest BCUT2D eigenvalue weighted by Crippen LogP contribution is 2.31. The van der Waals surface area contributed by atoms with Gasteiger partial charge in [-0.1, -0.05) is 37.5 Å². The van der Waals surface area contributed by atoms with E-state index in [0.717, 1.165) is 31.9 Å². The first kappa shape index (κ1) is 16.0. The first-order valence-electron chi connectivity index (χ1n) is 9.99. The molecule has 0 saturated heterocycles. The van der Waals surface area contributed by atoms with Crippen molar-refractivity contribution in [2.45, 2.75) is 57.5 Å². The number of nitrogens with zero attached hydrogens (tertiary/aromatic N) is 3. The Morgan fingerprint density at radius 3 is 2.96 bits per heavy atom. The largest absolute Gasteiger partial charge is 0.361 e. The number of hydrogen-bond acceptors (Lipinski definition) is 3. The number of hydrogen-bond donors (Lipinski definition) is 1. The summed E-state index contributed by atoms with van der Waals surface area (Å²) >= 11 is 0. The minimum Gasteiger partial charge on any atom is -0.361 e. The average Bonchev–Trinajstić information content (AvgIpc) is 3.18. The molecule has 2 aliphatic rings. The summed E-state index contributed by atoms with van der Waals surface area (Å²) in [5, 5.41) is 1.29. The van der Waals surface area contributed by atoms with Gasteiger partial charge in [-0.2, -0.15) is 0 Å². The van der Waals surface area contributed by atoms with Crippen molar-refractivity contribution in [2.75, 3.05) is 6.54 Å². The van der Waals surface area contributed by atoms with Crippen LogP contribution in [0.2, 0.25) is 0 Å². The molecule has 2 aromatic heterocycles. The second-order valence-electron chi connectivity index (χ2n) is 7.85. The van der Waals surface area contributed by atoms with Crippen LogP contribution in [0.15, 0.2) is 36.7 Å². The summed E-state index contributed by atoms with van der Waals surface area (Å²) in [7, 11) is 0. The van der Waals surface area contributed by atoms with Crippen LogP contribution in [-0.2, 0) is 19.5 Å². The SMILES string of the molecule is c1cc(CN2CCc3cnc(C4CCCCC4)nc3C2)c2[nH]ccc2c1. The van der Waals surface area contributed by atoms with Crippen LogP contribution in [0.4, 0.5) is 0 Å². The van der Waals surface area contributed by atoms with Crippen LogP contribution in [0.1, 0.15) is 60.7 Å². The van der Waals surface area contributed by atoms with Crippen molar-refractivity contribution in [2.24, 2.45) is 0 Å². The van der Waals surface area contributed by atoms with Crippen LogP contribution in [-0.4, -0.2) is 26.4 Å². The van der Waals surface area contributed by atoms with Crippen LogP contribution in [0.25, 0.3) is 10.9 Å². The summed E-state index contributed by atoms with van der Waals surface area (Å²) in [6.45, 7) is 2.99. The van der Waals surface area contributed by atoms with Gasteiger partial charge in [0.15, 0.2) is 0 Å². The predicted molar refractivity (Wildman–Crippen MR) is 104 cm³/mol. The van der Waals surface area contributed by atoms with Gasteiger partial charge in [0.2, 0.25) is 0 Å². The molecular weight excluding hydrogens is 320 g/mol. The van der Waals surface area contributed by atoms with E-state index < -0.39 is 0 Å². The van der Waals surface area contributed by atoms with E-state index in [1.54, 1.807) is 0 Å². The maximum Gasteiger partial charge on any atom is 0.131 e. The molecule has 5 rings (SSSR count). The van der Waals surface area contributed by atoms with Crippen LogP contribution in [0.5, 0.6) is 0 Å². The van der Waals surface area contributed by atoms with Crippen LogP contribution in [0.3, 0.4) is 0 Å². The van der Waals surface area contributed by atoms with E-state index in [4.69, 9.17) is 9.97 Å². The van der Waals surface area contributed by atoms with Gasteiger partial charge in [0.1, 0.15) is 5.82 Å². The van der Waals surface area contributed by atoms with Crippen molar-refractivity contribution in [1.29, 1.82) is 0 Å². The number of aromatic amines is 1. The number of rotatable bonds is 3. The highest BCUT2D eigenvalue weighted by atomic mass is 15.1. The van der Waals surface area contributed by atoms with Gasteiger partial charge in [0, 0.05) is 43.5 Å². The van der Waals surface area contributed by atoms with E-state index in [2.05, 4.69) is 40.3 Å². The van der Waals surface area contributed by atoms with Gasteiger partial charge in [-0.25, -0.2) is 9.97 Å². The van der Waals surface area contributed by atoms with Crippen LogP contribution < -0.4 is 0 Å². The number of para-hydroxylation sites is 1. The van der Waals surface area contributed by atoms with Gasteiger partial charge in [-0.05, 0) is 41.8 Å². The van der Waals surface area contributed by atoms with Gasteiger partial charge >= 0.3 is 0 Å². The highest BCUT2D eigenvalue weighted by Gasteiger charge is 2.23. The Labute approximate surface area is 154 Å². The average molecular weight is 346 g/mol. The molecule has 1 saturated carbocycles. The third-order valence-corrected chi connectivity index (χ3v) is 6.08. The molecule has 0 atom stereocenters. The zero-order valence-electron chi connectivity index (χ0n) is 15.2. The molecule has 0 amide bonds. The molecule has 1 N–H and O–H groups in total. The number of benzene rings is 1. The number of fused-ring (bicyclic) bond motifs is 2.